The minimum atomic E-state index is -1.65. The van der Waals surface area contributed by atoms with E-state index in [0.29, 0.717) is 0 Å². The summed E-state index contributed by atoms with van der Waals surface area (Å²) in [4.78, 5) is 0. The maximum atomic E-state index is 6.29. The van der Waals surface area contributed by atoms with Crippen LogP contribution in [0.3, 0.4) is 0 Å². The molecule has 0 aromatic carbocycles. The van der Waals surface area contributed by atoms with Crippen LogP contribution in [0.15, 0.2) is 11.8 Å². The molecule has 0 aliphatic heterocycles. The molecule has 1 saturated carbocycles. The van der Waals surface area contributed by atoms with Crippen LogP contribution in [0.5, 0.6) is 0 Å². The Morgan fingerprint density at radius 1 is 0.955 bits per heavy atom. The predicted octanol–water partition coefficient (Wildman–Crippen LogP) is 4.32. The van der Waals surface area contributed by atoms with Gasteiger partial charge in [0, 0.05) is 6.04 Å². The predicted molar refractivity (Wildman–Crippen MR) is 105 cm³/mol. The third kappa shape index (κ3) is 10.9. The van der Waals surface area contributed by atoms with E-state index < -0.39 is 25.9 Å². The van der Waals surface area contributed by atoms with Crippen LogP contribution in [-0.4, -0.2) is 38.5 Å². The average Bonchev–Trinajstić information content (AvgIpc) is 2.35. The highest BCUT2D eigenvalue weighted by Gasteiger charge is 2.26. The van der Waals surface area contributed by atoms with Crippen molar-refractivity contribution in [2.45, 2.75) is 83.8 Å². The van der Waals surface area contributed by atoms with E-state index in [9.17, 15) is 0 Å². The lowest BCUT2D eigenvalue weighted by Gasteiger charge is -2.28. The van der Waals surface area contributed by atoms with Crippen molar-refractivity contribution in [3.05, 3.63) is 11.8 Å². The lowest BCUT2D eigenvalue weighted by Crippen LogP contribution is -2.42. The van der Waals surface area contributed by atoms with Gasteiger partial charge in [-0.05, 0) is 65.1 Å². The van der Waals surface area contributed by atoms with Gasteiger partial charge in [0.2, 0.25) is 0 Å². The van der Waals surface area contributed by atoms with Gasteiger partial charge in [0.15, 0.2) is 16.6 Å². The second kappa shape index (κ2) is 9.54. The Kier molecular flexibility index (Phi) is 8.81. The van der Waals surface area contributed by atoms with Gasteiger partial charge < -0.3 is 13.5 Å². The monoisotopic (exact) mass is 359 g/mol. The topological polar surface area (TPSA) is 30.5 Å². The third-order valence-corrected chi connectivity index (χ3v) is 11.7. The summed E-state index contributed by atoms with van der Waals surface area (Å²) in [5.74, 6) is 0. The van der Waals surface area contributed by atoms with E-state index in [-0.39, 0.29) is 0 Å². The van der Waals surface area contributed by atoms with Gasteiger partial charge in [-0.15, -0.1) is 0 Å². The van der Waals surface area contributed by atoms with Crippen molar-refractivity contribution < 1.29 is 8.23 Å². The van der Waals surface area contributed by atoms with E-state index in [2.05, 4.69) is 56.4 Å². The van der Waals surface area contributed by atoms with E-state index in [1.165, 1.54) is 32.1 Å². The van der Waals surface area contributed by atoms with Crippen LogP contribution in [0.4, 0.5) is 0 Å². The maximum absolute atomic E-state index is 6.29. The molecule has 0 spiro atoms. The molecule has 130 valence electrons. The molecule has 1 fully saturated rings. The van der Waals surface area contributed by atoms with Gasteiger partial charge in [-0.3, -0.25) is 0 Å². The van der Waals surface area contributed by atoms with Gasteiger partial charge in [-0.2, -0.15) is 0 Å². The van der Waals surface area contributed by atoms with Gasteiger partial charge in [0.25, 0.3) is 0 Å². The van der Waals surface area contributed by atoms with Crippen molar-refractivity contribution in [3.63, 3.8) is 0 Å². The molecule has 0 amide bonds. The first-order valence-corrected chi connectivity index (χ1v) is 17.3. The SMILES string of the molecule is C[Si](C)(C)O[SiH](C=CCCNC1CCCCC1)O[Si](C)(C)C. The second-order valence-corrected chi connectivity index (χ2v) is 19.8. The summed E-state index contributed by atoms with van der Waals surface area (Å²) >= 11 is 0. The Morgan fingerprint density at radius 3 is 2.00 bits per heavy atom. The smallest absolute Gasteiger partial charge is 0.327 e. The molecule has 1 aliphatic rings. The summed E-state index contributed by atoms with van der Waals surface area (Å²) in [6, 6.07) is 0.756. The van der Waals surface area contributed by atoms with Gasteiger partial charge in [0.05, 0.1) is 0 Å². The molecule has 0 atom stereocenters. The zero-order chi connectivity index (χ0) is 16.6. The second-order valence-electron chi connectivity index (χ2n) is 8.33. The summed E-state index contributed by atoms with van der Waals surface area (Å²) in [6.07, 6.45) is 10.3. The average molecular weight is 360 g/mol. The first kappa shape index (κ1) is 20.3. The fourth-order valence-electron chi connectivity index (χ4n) is 2.68. The number of nitrogens with one attached hydrogen (secondary N) is 1. The Balaban J connectivity index is 2.33. The Bertz CT molecular complexity index is 315. The molecular weight excluding hydrogens is 322 g/mol. The summed E-state index contributed by atoms with van der Waals surface area (Å²) in [5.41, 5.74) is 2.26. The number of hydrogen-bond donors (Lipinski definition) is 1. The van der Waals surface area contributed by atoms with Crippen LogP contribution in [0.2, 0.25) is 39.3 Å². The van der Waals surface area contributed by atoms with Crippen LogP contribution in [-0.2, 0) is 8.23 Å². The minimum absolute atomic E-state index is 0.756. The van der Waals surface area contributed by atoms with E-state index >= 15 is 0 Å². The zero-order valence-corrected chi connectivity index (χ0v) is 18.7. The normalized spacial score (nSPS) is 18.5. The Labute approximate surface area is 142 Å². The molecule has 6 heteroatoms. The summed E-state index contributed by atoms with van der Waals surface area (Å²) in [5, 5.41) is 3.69. The van der Waals surface area contributed by atoms with Crippen molar-refractivity contribution in [1.82, 2.24) is 5.32 Å². The molecule has 0 unspecified atom stereocenters. The van der Waals surface area contributed by atoms with E-state index in [1.807, 2.05) is 0 Å². The molecule has 0 aromatic heterocycles. The lowest BCUT2D eigenvalue weighted by molar-refractivity contribution is 0.376. The van der Waals surface area contributed by atoms with Gasteiger partial charge in [0.1, 0.15) is 0 Å². The first-order valence-electron chi connectivity index (χ1n) is 8.91. The molecule has 0 radical (unpaired) electrons. The lowest BCUT2D eigenvalue weighted by atomic mass is 9.95. The van der Waals surface area contributed by atoms with Crippen LogP contribution in [0.25, 0.3) is 0 Å². The van der Waals surface area contributed by atoms with Crippen LogP contribution in [0, 0.1) is 0 Å². The van der Waals surface area contributed by atoms with Gasteiger partial charge in [-0.25, -0.2) is 0 Å². The quantitative estimate of drug-likeness (QED) is 0.491. The molecule has 0 bridgehead atoms. The van der Waals surface area contributed by atoms with Gasteiger partial charge in [-0.1, -0.05) is 31.0 Å². The van der Waals surface area contributed by atoms with Crippen LogP contribution < -0.4 is 5.32 Å². The maximum Gasteiger partial charge on any atom is 0.327 e. The van der Waals surface area contributed by atoms with E-state index in [0.717, 1.165) is 19.0 Å². The summed E-state index contributed by atoms with van der Waals surface area (Å²) < 4.78 is 12.6. The molecule has 22 heavy (non-hydrogen) atoms. The van der Waals surface area contributed by atoms with Crippen molar-refractivity contribution in [1.29, 1.82) is 0 Å². The standard InChI is InChI=1S/C16H37NO2Si3/c1-21(2,3)18-20(19-22(4,5)6)15-11-10-14-17-16-12-8-7-9-13-16/h11,15-17,20H,7-10,12-14H2,1-6H3. The highest BCUT2D eigenvalue weighted by Crippen LogP contribution is 2.17. The highest BCUT2D eigenvalue weighted by atomic mass is 28.4. The fourth-order valence-corrected chi connectivity index (χ4v) is 9.93. The van der Waals surface area contributed by atoms with E-state index in [4.69, 9.17) is 8.23 Å². The van der Waals surface area contributed by atoms with Crippen LogP contribution >= 0.6 is 0 Å². The molecule has 3 nitrogen and oxygen atoms in total. The van der Waals surface area contributed by atoms with Crippen molar-refractivity contribution >= 4 is 25.9 Å². The fraction of sp³-hybridized carbons (Fsp3) is 0.875. The Hall–Kier alpha value is 0.271. The molecular formula is C16H37NO2Si3. The molecule has 0 saturated heterocycles. The van der Waals surface area contributed by atoms with Crippen molar-refractivity contribution in [2.24, 2.45) is 0 Å². The number of rotatable bonds is 9. The molecule has 1 aliphatic carbocycles. The van der Waals surface area contributed by atoms with Crippen LogP contribution in [0.1, 0.15) is 38.5 Å². The molecule has 1 rings (SSSR count). The third-order valence-electron chi connectivity index (χ3n) is 3.58. The van der Waals surface area contributed by atoms with Crippen molar-refractivity contribution in [3.8, 4) is 0 Å². The molecule has 1 N–H and O–H groups in total. The van der Waals surface area contributed by atoms with Gasteiger partial charge >= 0.3 is 9.28 Å². The molecule has 0 aromatic rings. The molecule has 0 heterocycles. The zero-order valence-electron chi connectivity index (χ0n) is 15.6. The van der Waals surface area contributed by atoms with E-state index in [1.54, 1.807) is 0 Å². The minimum Gasteiger partial charge on any atom is -0.436 e. The summed E-state index contributed by atoms with van der Waals surface area (Å²) in [7, 11) is -4.69. The summed E-state index contributed by atoms with van der Waals surface area (Å²) in [6.45, 7) is 14.6. The highest BCUT2D eigenvalue weighted by molar-refractivity contribution is 6.82. The Morgan fingerprint density at radius 2 is 1.50 bits per heavy atom. The number of hydrogen-bond acceptors (Lipinski definition) is 3. The van der Waals surface area contributed by atoms with Crippen molar-refractivity contribution in [2.75, 3.05) is 6.54 Å². The largest absolute Gasteiger partial charge is 0.436 e. The first-order chi connectivity index (χ1) is 10.2.